The molecule has 0 saturated carbocycles. The van der Waals surface area contributed by atoms with Gasteiger partial charge < -0.3 is 11.1 Å². The quantitative estimate of drug-likeness (QED) is 0.451. The van der Waals surface area contributed by atoms with Crippen molar-refractivity contribution in [3.8, 4) is 16.8 Å². The highest BCUT2D eigenvalue weighted by molar-refractivity contribution is 7.90. The van der Waals surface area contributed by atoms with E-state index in [1.165, 1.54) is 35.1 Å². The van der Waals surface area contributed by atoms with Gasteiger partial charge in [0.2, 0.25) is 0 Å². The molecule has 1 amide bonds. The number of nitrogens with one attached hydrogen (secondary N) is 1. The van der Waals surface area contributed by atoms with E-state index in [9.17, 15) is 17.6 Å². The van der Waals surface area contributed by atoms with E-state index in [1.54, 1.807) is 24.3 Å². The van der Waals surface area contributed by atoms with Crippen LogP contribution in [0.25, 0.3) is 16.8 Å². The number of hydrogen-bond acceptors (Lipinski definition) is 6. The van der Waals surface area contributed by atoms with Crippen molar-refractivity contribution in [2.75, 3.05) is 11.6 Å². The number of hydrogen-bond donors (Lipinski definition) is 2. The number of halogens is 1. The van der Waals surface area contributed by atoms with E-state index in [1.807, 2.05) is 12.1 Å². The first-order chi connectivity index (χ1) is 15.8. The maximum atomic E-state index is 14.9. The summed E-state index contributed by atoms with van der Waals surface area (Å²) in [7, 11) is -3.56. The Morgan fingerprint density at radius 2 is 1.79 bits per heavy atom. The van der Waals surface area contributed by atoms with Crippen LogP contribution in [0.1, 0.15) is 16.1 Å². The van der Waals surface area contributed by atoms with Crippen molar-refractivity contribution in [2.45, 2.75) is 11.4 Å². The largest absolute Gasteiger partial charge is 0.326 e. The third kappa shape index (κ3) is 4.52. The Morgan fingerprint density at radius 3 is 2.52 bits per heavy atom. The zero-order valence-electron chi connectivity index (χ0n) is 17.6. The zero-order valence-corrected chi connectivity index (χ0v) is 18.4. The van der Waals surface area contributed by atoms with Gasteiger partial charge in [-0.3, -0.25) is 4.79 Å². The lowest BCUT2D eigenvalue weighted by molar-refractivity contribution is 0.101. The Bertz CT molecular complexity index is 1450. The molecule has 0 atom stereocenters. The minimum Gasteiger partial charge on any atom is -0.326 e. The Balaban J connectivity index is 1.64. The van der Waals surface area contributed by atoms with E-state index >= 15 is 0 Å². The van der Waals surface area contributed by atoms with Gasteiger partial charge in [-0.05, 0) is 35.9 Å². The zero-order chi connectivity index (χ0) is 23.6. The summed E-state index contributed by atoms with van der Waals surface area (Å²) in [6.45, 7) is 0.249. The summed E-state index contributed by atoms with van der Waals surface area (Å²) in [6.07, 6.45) is 2.37. The molecule has 0 spiro atoms. The van der Waals surface area contributed by atoms with Crippen LogP contribution in [0.15, 0.2) is 77.8 Å². The third-order valence-electron chi connectivity index (χ3n) is 5.03. The smallest absolute Gasteiger partial charge is 0.276 e. The normalized spacial score (nSPS) is 11.4. The molecule has 0 aliphatic carbocycles. The molecule has 10 heteroatoms. The molecule has 4 rings (SSSR count). The standard InChI is InChI=1S/C23H20FN5O3S/c1-33(31,32)22-9-5-3-7-18(22)17-11-10-16(12-19(17)24)27-23(30)21-14-26-28-29(21)20-8-4-2-6-15(20)13-25/h2-12,14H,13,25H2,1H3,(H,27,30). The van der Waals surface area contributed by atoms with Gasteiger partial charge in [-0.1, -0.05) is 41.6 Å². The molecule has 0 bridgehead atoms. The first-order valence-electron chi connectivity index (χ1n) is 9.89. The fraction of sp³-hybridized carbons (Fsp3) is 0.0870. The van der Waals surface area contributed by atoms with Gasteiger partial charge in [0.05, 0.1) is 16.8 Å². The van der Waals surface area contributed by atoms with Crippen molar-refractivity contribution in [1.82, 2.24) is 15.0 Å². The number of sulfone groups is 1. The number of nitrogens with two attached hydrogens (primary N) is 1. The Hall–Kier alpha value is -3.89. The lowest BCUT2D eigenvalue weighted by Crippen LogP contribution is -2.18. The number of para-hydroxylation sites is 1. The second-order valence-electron chi connectivity index (χ2n) is 7.28. The van der Waals surface area contributed by atoms with E-state index in [2.05, 4.69) is 15.6 Å². The van der Waals surface area contributed by atoms with E-state index in [0.29, 0.717) is 5.69 Å². The summed E-state index contributed by atoms with van der Waals surface area (Å²) in [6, 6.07) is 17.4. The van der Waals surface area contributed by atoms with Gasteiger partial charge >= 0.3 is 0 Å². The van der Waals surface area contributed by atoms with Crippen molar-refractivity contribution in [1.29, 1.82) is 0 Å². The van der Waals surface area contributed by atoms with Crippen LogP contribution in [-0.2, 0) is 16.4 Å². The molecule has 1 aromatic heterocycles. The monoisotopic (exact) mass is 465 g/mol. The van der Waals surface area contributed by atoms with Crippen LogP contribution in [0, 0.1) is 5.82 Å². The number of carbonyl (C=O) groups is 1. The summed E-state index contributed by atoms with van der Waals surface area (Å²) < 4.78 is 40.5. The summed E-state index contributed by atoms with van der Waals surface area (Å²) >= 11 is 0. The van der Waals surface area contributed by atoms with Gasteiger partial charge in [-0.2, -0.15) is 0 Å². The van der Waals surface area contributed by atoms with Crippen molar-refractivity contribution < 1.29 is 17.6 Å². The Morgan fingerprint density at radius 1 is 1.06 bits per heavy atom. The molecule has 3 N–H and O–H groups in total. The second kappa shape index (κ2) is 8.93. The molecule has 0 aliphatic heterocycles. The van der Waals surface area contributed by atoms with Crippen LogP contribution < -0.4 is 11.1 Å². The van der Waals surface area contributed by atoms with E-state index < -0.39 is 21.6 Å². The highest BCUT2D eigenvalue weighted by Gasteiger charge is 2.19. The molecular formula is C23H20FN5O3S. The number of carbonyl (C=O) groups excluding carboxylic acids is 1. The van der Waals surface area contributed by atoms with E-state index in [-0.39, 0.29) is 33.9 Å². The summed E-state index contributed by atoms with van der Waals surface area (Å²) in [4.78, 5) is 12.9. The molecule has 0 radical (unpaired) electrons. The minimum absolute atomic E-state index is 0.0224. The molecule has 0 saturated heterocycles. The number of anilines is 1. The Labute approximate surface area is 189 Å². The van der Waals surface area contributed by atoms with E-state index in [4.69, 9.17) is 5.73 Å². The SMILES string of the molecule is CS(=O)(=O)c1ccccc1-c1ccc(NC(=O)c2cnnn2-c2ccccc2CN)cc1F. The average Bonchev–Trinajstić information content (AvgIpc) is 3.28. The molecule has 1 heterocycles. The predicted octanol–water partition coefficient (Wildman–Crippen LogP) is 3.19. The molecule has 4 aromatic rings. The van der Waals surface area contributed by atoms with Gasteiger partial charge in [0.25, 0.3) is 5.91 Å². The second-order valence-corrected chi connectivity index (χ2v) is 9.27. The van der Waals surface area contributed by atoms with Crippen LogP contribution in [0.3, 0.4) is 0 Å². The molecule has 33 heavy (non-hydrogen) atoms. The first-order valence-corrected chi connectivity index (χ1v) is 11.8. The third-order valence-corrected chi connectivity index (χ3v) is 6.18. The topological polar surface area (TPSA) is 120 Å². The van der Waals surface area contributed by atoms with Crippen molar-refractivity contribution >= 4 is 21.4 Å². The number of benzene rings is 3. The maximum Gasteiger partial charge on any atom is 0.276 e. The molecule has 8 nitrogen and oxygen atoms in total. The lowest BCUT2D eigenvalue weighted by Gasteiger charge is -2.12. The van der Waals surface area contributed by atoms with Crippen LogP contribution in [0.4, 0.5) is 10.1 Å². The molecule has 0 aliphatic rings. The fourth-order valence-corrected chi connectivity index (χ4v) is 4.38. The molecule has 168 valence electrons. The van der Waals surface area contributed by atoms with Crippen molar-refractivity contribution in [3.05, 3.63) is 90.0 Å². The number of amides is 1. The Kier molecular flexibility index (Phi) is 6.03. The van der Waals surface area contributed by atoms with Crippen LogP contribution in [0.2, 0.25) is 0 Å². The predicted molar refractivity (Wildman–Crippen MR) is 122 cm³/mol. The highest BCUT2D eigenvalue weighted by Crippen LogP contribution is 2.31. The highest BCUT2D eigenvalue weighted by atomic mass is 32.2. The van der Waals surface area contributed by atoms with Gasteiger partial charge in [-0.15, -0.1) is 5.10 Å². The lowest BCUT2D eigenvalue weighted by atomic mass is 10.0. The van der Waals surface area contributed by atoms with Crippen molar-refractivity contribution in [3.63, 3.8) is 0 Å². The van der Waals surface area contributed by atoms with Crippen molar-refractivity contribution in [2.24, 2.45) is 5.73 Å². The van der Waals surface area contributed by atoms with Gasteiger partial charge in [0.1, 0.15) is 5.82 Å². The summed E-state index contributed by atoms with van der Waals surface area (Å²) in [5.74, 6) is -1.22. The van der Waals surface area contributed by atoms with Crippen LogP contribution in [-0.4, -0.2) is 35.6 Å². The number of aromatic nitrogens is 3. The van der Waals surface area contributed by atoms with Crippen LogP contribution in [0.5, 0.6) is 0 Å². The first kappa shape index (κ1) is 22.3. The molecule has 0 unspecified atom stereocenters. The van der Waals surface area contributed by atoms with Gasteiger partial charge in [-0.25, -0.2) is 17.5 Å². The molecular weight excluding hydrogens is 445 g/mol. The number of rotatable bonds is 6. The summed E-state index contributed by atoms with van der Waals surface area (Å²) in [5.41, 5.74) is 7.86. The van der Waals surface area contributed by atoms with Gasteiger partial charge in [0, 0.05) is 29.6 Å². The maximum absolute atomic E-state index is 14.9. The molecule has 3 aromatic carbocycles. The van der Waals surface area contributed by atoms with E-state index in [0.717, 1.165) is 17.9 Å². The van der Waals surface area contributed by atoms with Crippen LogP contribution >= 0.6 is 0 Å². The van der Waals surface area contributed by atoms with Gasteiger partial charge in [0.15, 0.2) is 15.5 Å². The summed E-state index contributed by atoms with van der Waals surface area (Å²) in [5, 5.41) is 10.4. The average molecular weight is 466 g/mol. The minimum atomic E-state index is -3.56. The fourth-order valence-electron chi connectivity index (χ4n) is 3.48. The molecule has 0 fully saturated rings. The number of nitrogens with zero attached hydrogens (tertiary/aromatic N) is 3.